The smallest absolute Gasteiger partial charge is 0.255 e. The van der Waals surface area contributed by atoms with Gasteiger partial charge in [0, 0.05) is 16.2 Å². The standard InChI is InChI=1S/C19H14BrFN2O2/c20-15-10-17(23-18(24)14-6-2-1-3-7-14)19(22-11-15)25-12-13-5-4-8-16(21)9-13/h1-11H,12H2,(H,23,24). The quantitative estimate of drug-likeness (QED) is 0.668. The molecule has 6 heteroatoms. The Kier molecular flexibility index (Phi) is 5.40. The highest BCUT2D eigenvalue weighted by molar-refractivity contribution is 9.10. The van der Waals surface area contributed by atoms with Crippen LogP contribution in [0.4, 0.5) is 10.1 Å². The first-order valence-electron chi connectivity index (χ1n) is 7.51. The zero-order valence-corrected chi connectivity index (χ0v) is 14.7. The van der Waals surface area contributed by atoms with Crippen molar-refractivity contribution in [3.05, 3.63) is 88.3 Å². The molecule has 0 spiro atoms. The van der Waals surface area contributed by atoms with E-state index in [1.165, 1.54) is 12.1 Å². The maximum Gasteiger partial charge on any atom is 0.255 e. The molecule has 1 amide bonds. The number of amides is 1. The van der Waals surface area contributed by atoms with E-state index in [2.05, 4.69) is 26.2 Å². The number of nitrogens with one attached hydrogen (secondary N) is 1. The lowest BCUT2D eigenvalue weighted by Gasteiger charge is -2.12. The molecule has 0 radical (unpaired) electrons. The van der Waals surface area contributed by atoms with Crippen molar-refractivity contribution in [3.8, 4) is 5.88 Å². The molecule has 0 aliphatic heterocycles. The summed E-state index contributed by atoms with van der Waals surface area (Å²) in [6, 6.07) is 16.7. The van der Waals surface area contributed by atoms with Crippen LogP contribution < -0.4 is 10.1 Å². The third-order valence-corrected chi connectivity index (χ3v) is 3.80. The number of halogens is 2. The van der Waals surface area contributed by atoms with E-state index >= 15 is 0 Å². The predicted octanol–water partition coefficient (Wildman–Crippen LogP) is 4.81. The number of pyridine rings is 1. The summed E-state index contributed by atoms with van der Waals surface area (Å²) in [6.45, 7) is 0.139. The zero-order valence-electron chi connectivity index (χ0n) is 13.1. The van der Waals surface area contributed by atoms with Gasteiger partial charge < -0.3 is 10.1 Å². The van der Waals surface area contributed by atoms with Gasteiger partial charge in [-0.25, -0.2) is 9.37 Å². The van der Waals surface area contributed by atoms with Crippen molar-refractivity contribution in [1.29, 1.82) is 0 Å². The first-order chi connectivity index (χ1) is 12.1. The van der Waals surface area contributed by atoms with Gasteiger partial charge in [-0.2, -0.15) is 0 Å². The largest absolute Gasteiger partial charge is 0.471 e. The second kappa shape index (κ2) is 7.90. The lowest BCUT2D eigenvalue weighted by Crippen LogP contribution is -2.13. The second-order valence-corrected chi connectivity index (χ2v) is 6.16. The van der Waals surface area contributed by atoms with Gasteiger partial charge in [0.15, 0.2) is 0 Å². The number of carbonyl (C=O) groups excluding carboxylic acids is 1. The van der Waals surface area contributed by atoms with Crippen LogP contribution in [-0.4, -0.2) is 10.9 Å². The summed E-state index contributed by atoms with van der Waals surface area (Å²) in [4.78, 5) is 16.5. The SMILES string of the molecule is O=C(Nc1cc(Br)cnc1OCc1cccc(F)c1)c1ccccc1. The van der Waals surface area contributed by atoms with E-state index in [0.717, 1.165) is 0 Å². The molecule has 2 aromatic carbocycles. The van der Waals surface area contributed by atoms with E-state index in [-0.39, 0.29) is 24.2 Å². The molecule has 0 atom stereocenters. The maximum absolute atomic E-state index is 13.3. The van der Waals surface area contributed by atoms with Crippen LogP contribution in [0.25, 0.3) is 0 Å². The summed E-state index contributed by atoms with van der Waals surface area (Å²) in [6.07, 6.45) is 1.57. The van der Waals surface area contributed by atoms with Crippen LogP contribution >= 0.6 is 15.9 Å². The lowest BCUT2D eigenvalue weighted by molar-refractivity contribution is 0.102. The van der Waals surface area contributed by atoms with Gasteiger partial charge >= 0.3 is 0 Å². The van der Waals surface area contributed by atoms with Gasteiger partial charge in [0.25, 0.3) is 5.91 Å². The lowest BCUT2D eigenvalue weighted by atomic mass is 10.2. The van der Waals surface area contributed by atoms with Crippen LogP contribution in [0, 0.1) is 5.82 Å². The number of carbonyl (C=O) groups is 1. The van der Waals surface area contributed by atoms with E-state index in [1.807, 2.05) is 6.07 Å². The summed E-state index contributed by atoms with van der Waals surface area (Å²) < 4.78 is 19.6. The molecule has 3 aromatic rings. The molecule has 0 fully saturated rings. The van der Waals surface area contributed by atoms with Gasteiger partial charge in [-0.3, -0.25) is 4.79 Å². The normalized spacial score (nSPS) is 10.3. The first-order valence-corrected chi connectivity index (χ1v) is 8.30. The predicted molar refractivity (Wildman–Crippen MR) is 97.1 cm³/mol. The van der Waals surface area contributed by atoms with Crippen molar-refractivity contribution >= 4 is 27.5 Å². The van der Waals surface area contributed by atoms with Gasteiger partial charge in [-0.15, -0.1) is 0 Å². The average Bonchev–Trinajstić information content (AvgIpc) is 2.62. The fourth-order valence-electron chi connectivity index (χ4n) is 2.19. The molecule has 0 aliphatic carbocycles. The van der Waals surface area contributed by atoms with E-state index in [9.17, 15) is 9.18 Å². The number of nitrogens with zero attached hydrogens (tertiary/aromatic N) is 1. The van der Waals surface area contributed by atoms with Crippen LogP contribution in [0.5, 0.6) is 5.88 Å². The van der Waals surface area contributed by atoms with E-state index in [1.54, 1.807) is 48.7 Å². The van der Waals surface area contributed by atoms with E-state index in [4.69, 9.17) is 4.74 Å². The van der Waals surface area contributed by atoms with Crippen LogP contribution in [0.15, 0.2) is 71.3 Å². The summed E-state index contributed by atoms with van der Waals surface area (Å²) in [5, 5.41) is 2.78. The highest BCUT2D eigenvalue weighted by atomic mass is 79.9. The van der Waals surface area contributed by atoms with Gasteiger partial charge in [0.05, 0.1) is 0 Å². The molecule has 25 heavy (non-hydrogen) atoms. The molecule has 0 saturated heterocycles. The minimum absolute atomic E-state index is 0.139. The van der Waals surface area contributed by atoms with Crippen molar-refractivity contribution in [1.82, 2.24) is 4.98 Å². The summed E-state index contributed by atoms with van der Waals surface area (Å²) in [5.41, 5.74) is 1.63. The number of aromatic nitrogens is 1. The van der Waals surface area contributed by atoms with E-state index in [0.29, 0.717) is 21.3 Å². The Morgan fingerprint density at radius 2 is 1.92 bits per heavy atom. The Hall–Kier alpha value is -2.73. The number of ether oxygens (including phenoxy) is 1. The molecule has 126 valence electrons. The first kappa shape index (κ1) is 17.1. The fraction of sp³-hybridized carbons (Fsp3) is 0.0526. The summed E-state index contributed by atoms with van der Waals surface area (Å²) in [5.74, 6) is -0.338. The Bertz CT molecular complexity index is 888. The molecule has 4 nitrogen and oxygen atoms in total. The van der Waals surface area contributed by atoms with Crippen molar-refractivity contribution < 1.29 is 13.9 Å². The summed E-state index contributed by atoms with van der Waals surface area (Å²) >= 11 is 3.33. The van der Waals surface area contributed by atoms with Crippen LogP contribution in [0.3, 0.4) is 0 Å². The Labute approximate surface area is 152 Å². The summed E-state index contributed by atoms with van der Waals surface area (Å²) in [7, 11) is 0. The number of hydrogen-bond donors (Lipinski definition) is 1. The van der Waals surface area contributed by atoms with Gasteiger partial charge in [0.2, 0.25) is 5.88 Å². The Balaban J connectivity index is 1.77. The third-order valence-electron chi connectivity index (χ3n) is 3.37. The molecule has 1 heterocycles. The van der Waals surface area contributed by atoms with Gasteiger partial charge in [-0.05, 0) is 51.8 Å². The number of benzene rings is 2. The number of anilines is 1. The molecular weight excluding hydrogens is 387 g/mol. The van der Waals surface area contributed by atoms with Crippen molar-refractivity contribution in [3.63, 3.8) is 0 Å². The topological polar surface area (TPSA) is 51.2 Å². The maximum atomic E-state index is 13.3. The highest BCUT2D eigenvalue weighted by Gasteiger charge is 2.12. The fourth-order valence-corrected chi connectivity index (χ4v) is 2.53. The van der Waals surface area contributed by atoms with Gasteiger partial charge in [0.1, 0.15) is 18.1 Å². The molecule has 0 saturated carbocycles. The number of rotatable bonds is 5. The molecule has 0 unspecified atom stereocenters. The van der Waals surface area contributed by atoms with Crippen molar-refractivity contribution in [2.45, 2.75) is 6.61 Å². The van der Waals surface area contributed by atoms with Crippen molar-refractivity contribution in [2.24, 2.45) is 0 Å². The molecule has 3 rings (SSSR count). The van der Waals surface area contributed by atoms with Crippen LogP contribution in [0.1, 0.15) is 15.9 Å². The minimum Gasteiger partial charge on any atom is -0.471 e. The monoisotopic (exact) mass is 400 g/mol. The zero-order chi connectivity index (χ0) is 17.6. The molecule has 0 aliphatic rings. The number of hydrogen-bond acceptors (Lipinski definition) is 3. The van der Waals surface area contributed by atoms with E-state index < -0.39 is 0 Å². The van der Waals surface area contributed by atoms with Crippen LogP contribution in [0.2, 0.25) is 0 Å². The molecule has 1 aromatic heterocycles. The Morgan fingerprint density at radius 1 is 1.12 bits per heavy atom. The second-order valence-electron chi connectivity index (χ2n) is 5.24. The minimum atomic E-state index is -0.331. The van der Waals surface area contributed by atoms with Crippen LogP contribution in [-0.2, 0) is 6.61 Å². The molecular formula is C19H14BrFN2O2. The molecule has 1 N–H and O–H groups in total. The Morgan fingerprint density at radius 3 is 2.68 bits per heavy atom. The third kappa shape index (κ3) is 4.64. The van der Waals surface area contributed by atoms with Gasteiger partial charge in [-0.1, -0.05) is 30.3 Å². The molecule has 0 bridgehead atoms. The average molecular weight is 401 g/mol. The van der Waals surface area contributed by atoms with Crippen molar-refractivity contribution in [2.75, 3.05) is 5.32 Å². The highest BCUT2D eigenvalue weighted by Crippen LogP contribution is 2.26.